The minimum atomic E-state index is -0.500. The summed E-state index contributed by atoms with van der Waals surface area (Å²) in [5.41, 5.74) is -0.500. The van der Waals surface area contributed by atoms with Gasteiger partial charge in [-0.2, -0.15) is 0 Å². The van der Waals surface area contributed by atoms with Gasteiger partial charge in [0.15, 0.2) is 0 Å². The molecule has 0 aliphatic carbocycles. The summed E-state index contributed by atoms with van der Waals surface area (Å²) in [6.07, 6.45) is 0.745. The molecule has 0 saturated carbocycles. The van der Waals surface area contributed by atoms with Crippen molar-refractivity contribution in [3.63, 3.8) is 0 Å². The number of aliphatic hydroxyl groups excluding tert-OH is 2. The first-order valence-electron chi connectivity index (χ1n) is 4.12. The molecule has 0 aromatic carbocycles. The Labute approximate surface area is 76.1 Å². The van der Waals surface area contributed by atoms with Crippen LogP contribution in [0, 0.1) is 0 Å². The van der Waals surface area contributed by atoms with Crippen molar-refractivity contribution in [1.82, 2.24) is 0 Å². The van der Waals surface area contributed by atoms with Gasteiger partial charge in [0.2, 0.25) is 0 Å². The molecule has 1 atom stereocenters. The Morgan fingerprint density at radius 1 is 1.17 bits per heavy atom. The zero-order chi connectivity index (χ0) is 10.8. The first kappa shape index (κ1) is 17.8. The number of rotatable bonds is 1. The van der Waals surface area contributed by atoms with Crippen LogP contribution in [0.4, 0.5) is 0 Å². The van der Waals surface area contributed by atoms with Gasteiger partial charge in [-0.05, 0) is 34.1 Å². The molecule has 0 heterocycles. The van der Waals surface area contributed by atoms with Crippen molar-refractivity contribution < 1.29 is 15.3 Å². The zero-order valence-corrected chi connectivity index (χ0v) is 9.13. The standard InChI is InChI=1S/2C4H10O.CH4O/c1-4(2,3)5;1-3-4(2)5;1-2/h5H,1-3H3;4-5H,3H2,1-2H3;2H,1H3. The molecule has 1 unspecified atom stereocenters. The average Bonchev–Trinajstić information content (AvgIpc) is 1.89. The molecule has 0 amide bonds. The van der Waals surface area contributed by atoms with Gasteiger partial charge in [-0.3, -0.25) is 0 Å². The van der Waals surface area contributed by atoms with Crippen molar-refractivity contribution in [3.8, 4) is 0 Å². The van der Waals surface area contributed by atoms with Crippen molar-refractivity contribution in [2.24, 2.45) is 0 Å². The molecule has 0 bridgehead atoms. The van der Waals surface area contributed by atoms with E-state index in [1.807, 2.05) is 6.92 Å². The van der Waals surface area contributed by atoms with Crippen LogP contribution in [-0.2, 0) is 0 Å². The van der Waals surface area contributed by atoms with E-state index in [1.54, 1.807) is 27.7 Å². The van der Waals surface area contributed by atoms with Crippen LogP contribution in [0.2, 0.25) is 0 Å². The van der Waals surface area contributed by atoms with E-state index in [9.17, 15) is 0 Å². The second kappa shape index (κ2) is 10.9. The minimum absolute atomic E-state index is 0.116. The van der Waals surface area contributed by atoms with E-state index >= 15 is 0 Å². The topological polar surface area (TPSA) is 60.7 Å². The minimum Gasteiger partial charge on any atom is -0.400 e. The number of hydrogen-bond acceptors (Lipinski definition) is 3. The Balaban J connectivity index is -0.000000112. The predicted octanol–water partition coefficient (Wildman–Crippen LogP) is 1.16. The molecule has 0 aliphatic heterocycles. The first-order valence-corrected chi connectivity index (χ1v) is 4.12. The summed E-state index contributed by atoms with van der Waals surface area (Å²) in [5.74, 6) is 0. The lowest BCUT2D eigenvalue weighted by atomic mass is 10.2. The summed E-state index contributed by atoms with van der Waals surface area (Å²) in [7, 11) is 1.00. The largest absolute Gasteiger partial charge is 0.400 e. The molecule has 3 heteroatoms. The van der Waals surface area contributed by atoms with Gasteiger partial charge >= 0.3 is 0 Å². The number of hydrogen-bond donors (Lipinski definition) is 3. The van der Waals surface area contributed by atoms with Gasteiger partial charge in [0.25, 0.3) is 0 Å². The van der Waals surface area contributed by atoms with Gasteiger partial charge in [0.1, 0.15) is 0 Å². The fraction of sp³-hybridized carbons (Fsp3) is 1.00. The highest BCUT2D eigenvalue weighted by atomic mass is 16.3. The molecule has 12 heavy (non-hydrogen) atoms. The molecule has 0 aliphatic rings. The second-order valence-electron chi connectivity index (χ2n) is 3.43. The van der Waals surface area contributed by atoms with Crippen molar-refractivity contribution in [1.29, 1.82) is 0 Å². The molecule has 0 aromatic rings. The van der Waals surface area contributed by atoms with E-state index in [0.717, 1.165) is 13.5 Å². The Morgan fingerprint density at radius 2 is 1.25 bits per heavy atom. The quantitative estimate of drug-likeness (QED) is 0.567. The fourth-order valence-electron chi connectivity index (χ4n) is 0. The molecule has 0 rings (SSSR count). The van der Waals surface area contributed by atoms with Crippen molar-refractivity contribution >= 4 is 0 Å². The molecule has 0 saturated heterocycles. The van der Waals surface area contributed by atoms with Gasteiger partial charge in [-0.25, -0.2) is 0 Å². The molecule has 3 nitrogen and oxygen atoms in total. The molecular weight excluding hydrogens is 156 g/mol. The lowest BCUT2D eigenvalue weighted by Crippen LogP contribution is -2.10. The lowest BCUT2D eigenvalue weighted by Gasteiger charge is -2.04. The normalized spacial score (nSPS) is 11.8. The maximum absolute atomic E-state index is 8.52. The van der Waals surface area contributed by atoms with Crippen LogP contribution in [0.1, 0.15) is 41.0 Å². The van der Waals surface area contributed by atoms with Crippen LogP contribution >= 0.6 is 0 Å². The lowest BCUT2D eigenvalue weighted by molar-refractivity contribution is 0.102. The van der Waals surface area contributed by atoms with E-state index in [1.165, 1.54) is 0 Å². The molecular formula is C9H24O3. The van der Waals surface area contributed by atoms with Crippen LogP contribution in [0.3, 0.4) is 0 Å². The Morgan fingerprint density at radius 3 is 1.25 bits per heavy atom. The summed E-state index contributed by atoms with van der Waals surface area (Å²) in [5, 5.41) is 23.9. The van der Waals surface area contributed by atoms with Crippen molar-refractivity contribution in [3.05, 3.63) is 0 Å². The number of aliphatic hydroxyl groups is 3. The maximum atomic E-state index is 8.52. The summed E-state index contributed by atoms with van der Waals surface area (Å²) < 4.78 is 0. The van der Waals surface area contributed by atoms with Crippen molar-refractivity contribution in [2.45, 2.75) is 52.7 Å². The van der Waals surface area contributed by atoms with Crippen LogP contribution < -0.4 is 0 Å². The summed E-state index contributed by atoms with van der Waals surface area (Å²) in [4.78, 5) is 0. The highest BCUT2D eigenvalue weighted by Gasteiger charge is 1.97. The van der Waals surface area contributed by atoms with E-state index in [4.69, 9.17) is 15.3 Å². The molecule has 0 aromatic heterocycles. The zero-order valence-electron chi connectivity index (χ0n) is 9.13. The monoisotopic (exact) mass is 180 g/mol. The van der Waals surface area contributed by atoms with E-state index in [-0.39, 0.29) is 6.10 Å². The van der Waals surface area contributed by atoms with Crippen LogP contribution in [-0.4, -0.2) is 34.1 Å². The molecule has 0 fully saturated rings. The highest BCUT2D eigenvalue weighted by molar-refractivity contribution is 4.50. The first-order chi connectivity index (χ1) is 5.27. The third-order valence-electron chi connectivity index (χ3n) is 0.591. The average molecular weight is 180 g/mol. The molecule has 3 N–H and O–H groups in total. The van der Waals surface area contributed by atoms with Gasteiger partial charge in [-0.15, -0.1) is 0 Å². The van der Waals surface area contributed by atoms with Crippen LogP contribution in [0.15, 0.2) is 0 Å². The molecule has 0 radical (unpaired) electrons. The third kappa shape index (κ3) is 220. The predicted molar refractivity (Wildman–Crippen MR) is 52.1 cm³/mol. The Kier molecular flexibility index (Phi) is 16.2. The van der Waals surface area contributed by atoms with Crippen LogP contribution in [0.25, 0.3) is 0 Å². The Hall–Kier alpha value is -0.120. The highest BCUT2D eigenvalue weighted by Crippen LogP contribution is 1.93. The summed E-state index contributed by atoms with van der Waals surface area (Å²) >= 11 is 0. The summed E-state index contributed by atoms with van der Waals surface area (Å²) in [6.45, 7) is 8.96. The SMILES string of the molecule is CC(C)(C)O.CCC(C)O.CO. The van der Waals surface area contributed by atoms with Gasteiger partial charge in [-0.1, -0.05) is 6.92 Å². The van der Waals surface area contributed by atoms with Gasteiger partial charge in [0, 0.05) is 7.11 Å². The Bertz CT molecular complexity index is 58.7. The van der Waals surface area contributed by atoms with E-state index in [2.05, 4.69) is 0 Å². The van der Waals surface area contributed by atoms with E-state index < -0.39 is 5.60 Å². The molecule has 78 valence electrons. The van der Waals surface area contributed by atoms with E-state index in [0.29, 0.717) is 0 Å². The van der Waals surface area contributed by atoms with Gasteiger partial charge < -0.3 is 15.3 Å². The smallest absolute Gasteiger partial charge is 0.0563 e. The molecule has 0 spiro atoms. The summed E-state index contributed by atoms with van der Waals surface area (Å²) in [6, 6.07) is 0. The van der Waals surface area contributed by atoms with Gasteiger partial charge in [0.05, 0.1) is 11.7 Å². The maximum Gasteiger partial charge on any atom is 0.0563 e. The third-order valence-corrected chi connectivity index (χ3v) is 0.591. The van der Waals surface area contributed by atoms with Crippen LogP contribution in [0.5, 0.6) is 0 Å². The second-order valence-corrected chi connectivity index (χ2v) is 3.43. The van der Waals surface area contributed by atoms with Crippen molar-refractivity contribution in [2.75, 3.05) is 7.11 Å². The fourth-order valence-corrected chi connectivity index (χ4v) is 0.